The molecule has 0 bridgehead atoms. The van der Waals surface area contributed by atoms with Crippen LogP contribution in [0.15, 0.2) is 24.3 Å². The van der Waals surface area contributed by atoms with Gasteiger partial charge in [0.25, 0.3) is 0 Å². The van der Waals surface area contributed by atoms with Gasteiger partial charge in [0, 0.05) is 19.3 Å². The molecule has 1 N–H and O–H groups in total. The average molecular weight is 304 g/mol. The molecule has 0 fully saturated rings. The second kappa shape index (κ2) is 6.60. The Labute approximate surface area is 129 Å². The van der Waals surface area contributed by atoms with Gasteiger partial charge in [0.1, 0.15) is 5.82 Å². The molecule has 2 aromatic rings. The maximum Gasteiger partial charge on any atom is 0.243 e. The van der Waals surface area contributed by atoms with E-state index in [2.05, 4.69) is 10.4 Å². The smallest absolute Gasteiger partial charge is 0.243 e. The Bertz CT molecular complexity index is 681. The molecule has 0 spiro atoms. The number of amides is 1. The number of benzene rings is 1. The van der Waals surface area contributed by atoms with Gasteiger partial charge in [-0.1, -0.05) is 6.07 Å². The first kappa shape index (κ1) is 16.0. The third-order valence-electron chi connectivity index (χ3n) is 3.66. The number of hydrogen-bond donors (Lipinski definition) is 1. The van der Waals surface area contributed by atoms with E-state index in [1.54, 1.807) is 16.8 Å². The van der Waals surface area contributed by atoms with Crippen molar-refractivity contribution in [3.63, 3.8) is 0 Å². The molecule has 0 radical (unpaired) electrons. The van der Waals surface area contributed by atoms with Gasteiger partial charge in [-0.15, -0.1) is 0 Å². The van der Waals surface area contributed by atoms with Gasteiger partial charge < -0.3 is 10.2 Å². The first-order valence-electron chi connectivity index (χ1n) is 7.23. The van der Waals surface area contributed by atoms with Crippen LogP contribution < -0.4 is 10.2 Å². The molecule has 1 heterocycles. The van der Waals surface area contributed by atoms with Crippen molar-refractivity contribution in [1.29, 1.82) is 0 Å². The summed E-state index contributed by atoms with van der Waals surface area (Å²) in [5.41, 5.74) is 3.11. The van der Waals surface area contributed by atoms with Crippen LogP contribution in [0.5, 0.6) is 0 Å². The van der Waals surface area contributed by atoms with Gasteiger partial charge in [-0.2, -0.15) is 5.10 Å². The Kier molecular flexibility index (Phi) is 4.80. The molecule has 0 aliphatic carbocycles. The summed E-state index contributed by atoms with van der Waals surface area (Å²) in [5, 5.41) is 7.16. The minimum Gasteiger partial charge on any atom is -0.362 e. The highest BCUT2D eigenvalue weighted by atomic mass is 19.1. The zero-order chi connectivity index (χ0) is 16.3. The van der Waals surface area contributed by atoms with E-state index >= 15 is 0 Å². The van der Waals surface area contributed by atoms with Crippen molar-refractivity contribution in [3.05, 3.63) is 41.5 Å². The van der Waals surface area contributed by atoms with Crippen molar-refractivity contribution in [2.75, 3.05) is 23.3 Å². The molecule has 0 atom stereocenters. The molecule has 0 saturated carbocycles. The van der Waals surface area contributed by atoms with Crippen LogP contribution in [-0.4, -0.2) is 28.8 Å². The lowest BCUT2D eigenvalue weighted by Crippen LogP contribution is -2.33. The van der Waals surface area contributed by atoms with E-state index in [1.807, 2.05) is 32.7 Å². The summed E-state index contributed by atoms with van der Waals surface area (Å²) < 4.78 is 15.0. The summed E-state index contributed by atoms with van der Waals surface area (Å²) in [6, 6.07) is 6.25. The van der Waals surface area contributed by atoms with Crippen molar-refractivity contribution < 1.29 is 9.18 Å². The summed E-state index contributed by atoms with van der Waals surface area (Å²) in [6.45, 7) is 6.46. The summed E-state index contributed by atoms with van der Waals surface area (Å²) in [5.74, 6) is -0.458. The zero-order valence-electron chi connectivity index (χ0n) is 13.4. The standard InChI is InChI=1S/C16H21FN4O/c1-5-21(14-8-6-7-13(17)9-14)10-15(22)18-16-11(2)19-20(4)12(16)3/h6-9H,5,10H2,1-4H3,(H,18,22). The molecule has 0 saturated heterocycles. The van der Waals surface area contributed by atoms with Gasteiger partial charge in [0.05, 0.1) is 23.6 Å². The molecule has 0 unspecified atom stereocenters. The monoisotopic (exact) mass is 304 g/mol. The van der Waals surface area contributed by atoms with E-state index < -0.39 is 0 Å². The van der Waals surface area contributed by atoms with E-state index in [0.717, 1.165) is 17.1 Å². The van der Waals surface area contributed by atoms with Crippen LogP contribution in [0.4, 0.5) is 15.8 Å². The number of likely N-dealkylation sites (N-methyl/N-ethyl adjacent to an activating group) is 1. The fourth-order valence-corrected chi connectivity index (χ4v) is 2.37. The van der Waals surface area contributed by atoms with Gasteiger partial charge in [-0.3, -0.25) is 9.48 Å². The van der Waals surface area contributed by atoms with E-state index in [-0.39, 0.29) is 18.3 Å². The van der Waals surface area contributed by atoms with Crippen LogP contribution >= 0.6 is 0 Å². The van der Waals surface area contributed by atoms with E-state index in [0.29, 0.717) is 12.2 Å². The van der Waals surface area contributed by atoms with Gasteiger partial charge in [-0.05, 0) is 39.0 Å². The third kappa shape index (κ3) is 3.44. The van der Waals surface area contributed by atoms with Crippen LogP contribution in [0.1, 0.15) is 18.3 Å². The highest BCUT2D eigenvalue weighted by molar-refractivity contribution is 5.95. The van der Waals surface area contributed by atoms with E-state index in [1.165, 1.54) is 12.1 Å². The molecule has 6 heteroatoms. The number of halogens is 1. The number of carbonyl (C=O) groups excluding carboxylic acids is 1. The molecule has 1 aromatic carbocycles. The largest absolute Gasteiger partial charge is 0.362 e. The topological polar surface area (TPSA) is 50.2 Å². The predicted octanol–water partition coefficient (Wildman–Crippen LogP) is 2.64. The fraction of sp³-hybridized carbons (Fsp3) is 0.375. The molecule has 2 rings (SSSR count). The Balaban J connectivity index is 2.10. The molecule has 1 amide bonds. The van der Waals surface area contributed by atoms with E-state index in [4.69, 9.17) is 0 Å². The first-order chi connectivity index (χ1) is 10.4. The number of nitrogens with one attached hydrogen (secondary N) is 1. The maximum atomic E-state index is 13.3. The zero-order valence-corrected chi connectivity index (χ0v) is 13.4. The highest BCUT2D eigenvalue weighted by Gasteiger charge is 2.15. The number of anilines is 2. The lowest BCUT2D eigenvalue weighted by Gasteiger charge is -2.22. The third-order valence-corrected chi connectivity index (χ3v) is 3.66. The lowest BCUT2D eigenvalue weighted by molar-refractivity contribution is -0.115. The first-order valence-corrected chi connectivity index (χ1v) is 7.23. The number of aromatic nitrogens is 2. The normalized spacial score (nSPS) is 10.6. The van der Waals surface area contributed by atoms with E-state index in [9.17, 15) is 9.18 Å². The Hall–Kier alpha value is -2.37. The van der Waals surface area contributed by atoms with Crippen molar-refractivity contribution in [3.8, 4) is 0 Å². The van der Waals surface area contributed by atoms with Crippen LogP contribution in [0, 0.1) is 19.7 Å². The molecular weight excluding hydrogens is 283 g/mol. The number of aryl methyl sites for hydroxylation is 2. The van der Waals surface area contributed by atoms with Gasteiger partial charge in [0.15, 0.2) is 0 Å². The number of nitrogens with zero attached hydrogens (tertiary/aromatic N) is 3. The maximum absolute atomic E-state index is 13.3. The van der Waals surface area contributed by atoms with Crippen molar-refractivity contribution in [1.82, 2.24) is 9.78 Å². The Morgan fingerprint density at radius 2 is 2.14 bits per heavy atom. The van der Waals surface area contributed by atoms with Crippen LogP contribution in [0.3, 0.4) is 0 Å². The predicted molar refractivity (Wildman–Crippen MR) is 85.6 cm³/mol. The molecule has 5 nitrogen and oxygen atoms in total. The Morgan fingerprint density at radius 1 is 1.41 bits per heavy atom. The number of rotatable bonds is 5. The van der Waals surface area contributed by atoms with Crippen molar-refractivity contribution in [2.45, 2.75) is 20.8 Å². The van der Waals surface area contributed by atoms with Gasteiger partial charge in [0.2, 0.25) is 5.91 Å². The molecule has 118 valence electrons. The van der Waals surface area contributed by atoms with Crippen molar-refractivity contribution in [2.24, 2.45) is 7.05 Å². The summed E-state index contributed by atoms with van der Waals surface area (Å²) in [4.78, 5) is 14.1. The molecule has 0 aliphatic rings. The Morgan fingerprint density at radius 3 is 2.68 bits per heavy atom. The highest BCUT2D eigenvalue weighted by Crippen LogP contribution is 2.19. The van der Waals surface area contributed by atoms with Crippen molar-refractivity contribution >= 4 is 17.3 Å². The second-order valence-corrected chi connectivity index (χ2v) is 5.21. The summed E-state index contributed by atoms with van der Waals surface area (Å²) in [6.07, 6.45) is 0. The fourth-order valence-electron chi connectivity index (χ4n) is 2.37. The van der Waals surface area contributed by atoms with Crippen LogP contribution in [-0.2, 0) is 11.8 Å². The minimum atomic E-state index is -0.310. The molecule has 1 aromatic heterocycles. The lowest BCUT2D eigenvalue weighted by atomic mass is 10.2. The number of carbonyl (C=O) groups is 1. The molecular formula is C16H21FN4O. The summed E-state index contributed by atoms with van der Waals surface area (Å²) >= 11 is 0. The SMILES string of the molecule is CCN(CC(=O)Nc1c(C)nn(C)c1C)c1cccc(F)c1. The van der Waals surface area contributed by atoms with Gasteiger partial charge in [-0.25, -0.2) is 4.39 Å². The second-order valence-electron chi connectivity index (χ2n) is 5.21. The average Bonchev–Trinajstić information content (AvgIpc) is 2.71. The summed E-state index contributed by atoms with van der Waals surface area (Å²) in [7, 11) is 1.84. The minimum absolute atomic E-state index is 0.148. The molecule has 0 aliphatic heterocycles. The van der Waals surface area contributed by atoms with Gasteiger partial charge >= 0.3 is 0 Å². The molecule has 22 heavy (non-hydrogen) atoms. The van der Waals surface area contributed by atoms with Crippen LogP contribution in [0.25, 0.3) is 0 Å². The van der Waals surface area contributed by atoms with Crippen LogP contribution in [0.2, 0.25) is 0 Å². The number of hydrogen-bond acceptors (Lipinski definition) is 3. The quantitative estimate of drug-likeness (QED) is 0.924.